The van der Waals surface area contributed by atoms with Crippen LogP contribution in [0.25, 0.3) is 0 Å². The lowest BCUT2D eigenvalue weighted by atomic mass is 9.63. The number of amides is 1. The number of carbonyl (C=O) groups excluding carboxylic acids is 3. The number of quaternary nitrogens is 1. The predicted molar refractivity (Wildman–Crippen MR) is 127 cm³/mol. The molecule has 3 fully saturated rings. The number of ether oxygens (including phenoxy) is 1. The second-order valence-electron chi connectivity index (χ2n) is 10.2. The molecule has 1 aromatic rings. The molecule has 0 bridgehead atoms. The second-order valence-corrected chi connectivity index (χ2v) is 10.2. The summed E-state index contributed by atoms with van der Waals surface area (Å²) >= 11 is 0. The molecule has 1 saturated carbocycles. The maximum atomic E-state index is 13.5. The number of carboxylic acid groups (broad SMARTS) is 1. The standard InChI is InChI=1S/C25H36N2O3.C2HF3O2/c1-2-30-24(29)25(20-11-7-4-8-12-20)14-17-27(18-15-25)23(28)21-13-16-26-22(21)19-9-5-3-6-10-19;3-2(4,5)1(6)7/h3,5-6,9-10,20-22,26H,2,4,7-8,11-18H2,1H3;(H,6,7). The third-order valence-corrected chi connectivity index (χ3v) is 8.10. The van der Waals surface area contributed by atoms with Gasteiger partial charge in [0.15, 0.2) is 0 Å². The molecule has 1 aromatic carbocycles. The van der Waals surface area contributed by atoms with Crippen LogP contribution in [-0.4, -0.2) is 55.2 Å². The van der Waals surface area contributed by atoms with E-state index in [9.17, 15) is 22.8 Å². The molecule has 0 aromatic heterocycles. The van der Waals surface area contributed by atoms with Gasteiger partial charge in [-0.3, -0.25) is 9.59 Å². The van der Waals surface area contributed by atoms with Gasteiger partial charge in [0.2, 0.25) is 5.91 Å². The first-order valence-corrected chi connectivity index (χ1v) is 13.2. The Morgan fingerprint density at radius 2 is 1.65 bits per heavy atom. The number of esters is 1. The van der Waals surface area contributed by atoms with Crippen LogP contribution in [0.4, 0.5) is 13.2 Å². The highest BCUT2D eigenvalue weighted by molar-refractivity contribution is 5.81. The van der Waals surface area contributed by atoms with Gasteiger partial charge in [-0.25, -0.2) is 0 Å². The van der Waals surface area contributed by atoms with E-state index < -0.39 is 12.1 Å². The molecule has 206 valence electrons. The summed E-state index contributed by atoms with van der Waals surface area (Å²) in [4.78, 5) is 37.3. The molecule has 2 unspecified atom stereocenters. The molecule has 10 heteroatoms. The normalized spacial score (nSPS) is 24.1. The predicted octanol–water partition coefficient (Wildman–Crippen LogP) is 2.36. The molecule has 2 heterocycles. The van der Waals surface area contributed by atoms with Crippen molar-refractivity contribution in [2.24, 2.45) is 17.3 Å². The molecule has 1 amide bonds. The number of halogens is 3. The van der Waals surface area contributed by atoms with Crippen molar-refractivity contribution in [3.63, 3.8) is 0 Å². The number of aliphatic carboxylic acids is 1. The summed E-state index contributed by atoms with van der Waals surface area (Å²) in [5.41, 5.74) is 0.863. The van der Waals surface area contributed by atoms with Crippen LogP contribution < -0.4 is 10.4 Å². The van der Waals surface area contributed by atoms with Gasteiger partial charge in [0, 0.05) is 25.1 Å². The summed E-state index contributed by atoms with van der Waals surface area (Å²) in [7, 11) is 0. The average Bonchev–Trinajstić information content (AvgIpc) is 3.39. The van der Waals surface area contributed by atoms with Crippen molar-refractivity contribution >= 4 is 17.8 Å². The van der Waals surface area contributed by atoms with E-state index in [0.29, 0.717) is 25.6 Å². The minimum atomic E-state index is -5.19. The van der Waals surface area contributed by atoms with Crippen molar-refractivity contribution in [1.29, 1.82) is 0 Å². The zero-order valence-corrected chi connectivity index (χ0v) is 21.3. The molecule has 2 atom stereocenters. The van der Waals surface area contributed by atoms with E-state index in [1.165, 1.54) is 24.8 Å². The van der Waals surface area contributed by atoms with E-state index >= 15 is 0 Å². The van der Waals surface area contributed by atoms with E-state index in [-0.39, 0.29) is 29.3 Å². The van der Waals surface area contributed by atoms with Crippen molar-refractivity contribution in [1.82, 2.24) is 4.90 Å². The van der Waals surface area contributed by atoms with Crippen molar-refractivity contribution < 1.29 is 42.7 Å². The van der Waals surface area contributed by atoms with Crippen LogP contribution in [0.15, 0.2) is 30.3 Å². The smallest absolute Gasteiger partial charge is 0.430 e. The molecule has 2 aliphatic heterocycles. The average molecular weight is 527 g/mol. The van der Waals surface area contributed by atoms with E-state index in [1.807, 2.05) is 17.9 Å². The Balaban J connectivity index is 0.000000479. The summed E-state index contributed by atoms with van der Waals surface area (Å²) in [6.07, 6.45) is 3.21. The molecule has 3 aliphatic rings. The minimum Gasteiger partial charge on any atom is -0.542 e. The van der Waals surface area contributed by atoms with Crippen LogP contribution in [-0.2, 0) is 19.1 Å². The van der Waals surface area contributed by atoms with Crippen LogP contribution in [0.3, 0.4) is 0 Å². The summed E-state index contributed by atoms with van der Waals surface area (Å²) in [5, 5.41) is 11.1. The van der Waals surface area contributed by atoms with Gasteiger partial charge in [0.05, 0.1) is 24.5 Å². The van der Waals surface area contributed by atoms with Crippen molar-refractivity contribution in [2.75, 3.05) is 26.2 Å². The number of benzene rings is 1. The summed E-state index contributed by atoms with van der Waals surface area (Å²) in [6, 6.07) is 10.6. The largest absolute Gasteiger partial charge is 0.542 e. The molecule has 7 nitrogen and oxygen atoms in total. The van der Waals surface area contributed by atoms with Gasteiger partial charge in [-0.2, -0.15) is 13.2 Å². The third kappa shape index (κ3) is 7.03. The molecule has 2 N–H and O–H groups in total. The highest BCUT2D eigenvalue weighted by Gasteiger charge is 2.50. The number of likely N-dealkylation sites (tertiary alicyclic amines) is 1. The maximum absolute atomic E-state index is 13.5. The van der Waals surface area contributed by atoms with Gasteiger partial charge in [-0.05, 0) is 38.5 Å². The second kappa shape index (κ2) is 12.8. The number of nitrogens with two attached hydrogens (primary N) is 1. The van der Waals surface area contributed by atoms with E-state index in [2.05, 4.69) is 29.6 Å². The minimum absolute atomic E-state index is 0.0136. The first-order chi connectivity index (χ1) is 17.6. The van der Waals surface area contributed by atoms with Gasteiger partial charge < -0.3 is 24.9 Å². The van der Waals surface area contributed by atoms with Crippen LogP contribution in [0.5, 0.6) is 0 Å². The Labute approximate surface area is 215 Å². The highest BCUT2D eigenvalue weighted by Crippen LogP contribution is 2.47. The summed E-state index contributed by atoms with van der Waals surface area (Å²) in [6.45, 7) is 4.70. The summed E-state index contributed by atoms with van der Waals surface area (Å²) < 4.78 is 37.1. The van der Waals surface area contributed by atoms with Gasteiger partial charge in [0.1, 0.15) is 12.0 Å². The molecule has 2 saturated heterocycles. The number of carbonyl (C=O) groups is 3. The zero-order valence-electron chi connectivity index (χ0n) is 21.3. The van der Waals surface area contributed by atoms with Crippen LogP contribution >= 0.6 is 0 Å². The lowest BCUT2D eigenvalue weighted by Crippen LogP contribution is -2.82. The fourth-order valence-electron chi connectivity index (χ4n) is 6.19. The van der Waals surface area contributed by atoms with Gasteiger partial charge in [0.25, 0.3) is 0 Å². The molecule has 4 rings (SSSR count). The number of alkyl halides is 3. The lowest BCUT2D eigenvalue weighted by Gasteiger charge is -2.46. The SMILES string of the molecule is CCOC(=O)C1(C2CCCCC2)CCN(C(=O)C2CC[NH2+]C2c2ccccc2)CC1.O=C([O-])C(F)(F)F. The number of nitrogens with zero attached hydrogens (tertiary/aromatic N) is 1. The van der Waals surface area contributed by atoms with Crippen LogP contribution in [0, 0.1) is 17.3 Å². The Bertz CT molecular complexity index is 910. The molecule has 0 radical (unpaired) electrons. The quantitative estimate of drug-likeness (QED) is 0.594. The number of piperidine rings is 1. The van der Waals surface area contributed by atoms with Gasteiger partial charge in [-0.15, -0.1) is 0 Å². The molecule has 37 heavy (non-hydrogen) atoms. The van der Waals surface area contributed by atoms with Crippen LogP contribution in [0.1, 0.15) is 69.9 Å². The van der Waals surface area contributed by atoms with E-state index in [0.717, 1.165) is 38.6 Å². The maximum Gasteiger partial charge on any atom is 0.430 e. The van der Waals surface area contributed by atoms with Crippen molar-refractivity contribution in [3.8, 4) is 0 Å². The topological polar surface area (TPSA) is 103 Å². The number of hydrogen-bond donors (Lipinski definition) is 1. The zero-order chi connectivity index (χ0) is 27.1. The Morgan fingerprint density at radius 1 is 1.05 bits per heavy atom. The lowest BCUT2D eigenvalue weighted by molar-refractivity contribution is -0.678. The van der Waals surface area contributed by atoms with Gasteiger partial charge in [-0.1, -0.05) is 49.6 Å². The number of rotatable bonds is 5. The monoisotopic (exact) mass is 526 g/mol. The van der Waals surface area contributed by atoms with Crippen molar-refractivity contribution in [3.05, 3.63) is 35.9 Å². The molecular weight excluding hydrogens is 489 g/mol. The number of carboxylic acids is 1. The fraction of sp³-hybridized carbons (Fsp3) is 0.667. The first kappa shape index (κ1) is 28.9. The van der Waals surface area contributed by atoms with Crippen molar-refractivity contribution in [2.45, 2.75) is 70.5 Å². The van der Waals surface area contributed by atoms with E-state index in [4.69, 9.17) is 14.6 Å². The fourth-order valence-corrected chi connectivity index (χ4v) is 6.19. The molecular formula is C27H37F3N2O5. The Kier molecular flexibility index (Phi) is 9.98. The van der Waals surface area contributed by atoms with Gasteiger partial charge >= 0.3 is 12.1 Å². The molecule has 1 aliphatic carbocycles. The number of hydrogen-bond acceptors (Lipinski definition) is 5. The first-order valence-electron chi connectivity index (χ1n) is 13.2. The summed E-state index contributed by atoms with van der Waals surface area (Å²) in [5.74, 6) is -2.29. The van der Waals surface area contributed by atoms with E-state index in [1.54, 1.807) is 0 Å². The molecule has 0 spiro atoms. The third-order valence-electron chi connectivity index (χ3n) is 8.10. The highest BCUT2D eigenvalue weighted by atomic mass is 19.4. The Morgan fingerprint density at radius 3 is 2.19 bits per heavy atom. The van der Waals surface area contributed by atoms with Crippen LogP contribution in [0.2, 0.25) is 0 Å². The Hall–Kier alpha value is -2.62.